The van der Waals surface area contributed by atoms with E-state index in [1.807, 2.05) is 0 Å². The molecule has 13 heavy (non-hydrogen) atoms. The van der Waals surface area contributed by atoms with E-state index < -0.39 is 4.92 Å². The third-order valence-corrected chi connectivity index (χ3v) is 2.42. The maximum Gasteiger partial charge on any atom is 0.324 e. The molecule has 0 saturated heterocycles. The van der Waals surface area contributed by atoms with E-state index in [1.54, 1.807) is 17.8 Å². The first-order valence-electron chi connectivity index (χ1n) is 3.50. The summed E-state index contributed by atoms with van der Waals surface area (Å²) in [5, 5.41) is 12.2. The van der Waals surface area contributed by atoms with Crippen molar-refractivity contribution in [1.29, 1.82) is 0 Å². The Labute approximate surface area is 77.2 Å². The maximum absolute atomic E-state index is 10.4. The number of nitrogens with one attached hydrogen (secondary N) is 1. The standard InChI is InChI=1S/C7H5N3O2S/c11-10(12)6-3-5(4-13-6)7-8-1-2-9-7/h1-4H,(H,8,9). The minimum atomic E-state index is -0.406. The van der Waals surface area contributed by atoms with Crippen molar-refractivity contribution in [3.8, 4) is 11.4 Å². The first-order chi connectivity index (χ1) is 6.27. The number of nitrogens with zero attached hydrogens (tertiary/aromatic N) is 2. The molecule has 0 aliphatic carbocycles. The highest BCUT2D eigenvalue weighted by atomic mass is 32.1. The van der Waals surface area contributed by atoms with Gasteiger partial charge >= 0.3 is 5.00 Å². The summed E-state index contributed by atoms with van der Waals surface area (Å²) in [6.45, 7) is 0. The molecule has 0 unspecified atom stereocenters. The minimum absolute atomic E-state index is 0.131. The highest BCUT2D eigenvalue weighted by Crippen LogP contribution is 2.27. The van der Waals surface area contributed by atoms with Gasteiger partial charge in [-0.15, -0.1) is 0 Å². The zero-order valence-electron chi connectivity index (χ0n) is 6.43. The molecule has 0 saturated carbocycles. The molecule has 0 spiro atoms. The van der Waals surface area contributed by atoms with Gasteiger partial charge in [-0.3, -0.25) is 10.1 Å². The van der Waals surface area contributed by atoms with Crippen molar-refractivity contribution >= 4 is 16.3 Å². The predicted octanol–water partition coefficient (Wildman–Crippen LogP) is 2.05. The van der Waals surface area contributed by atoms with Crippen LogP contribution >= 0.6 is 11.3 Å². The van der Waals surface area contributed by atoms with Crippen LogP contribution in [0.4, 0.5) is 5.00 Å². The molecule has 0 radical (unpaired) electrons. The molecule has 0 aromatic carbocycles. The highest BCUT2D eigenvalue weighted by Gasteiger charge is 2.11. The Kier molecular flexibility index (Phi) is 1.82. The van der Waals surface area contributed by atoms with Gasteiger partial charge in [-0.2, -0.15) is 0 Å². The first kappa shape index (κ1) is 7.93. The molecule has 2 aromatic rings. The van der Waals surface area contributed by atoms with E-state index in [0.29, 0.717) is 5.82 Å². The topological polar surface area (TPSA) is 71.8 Å². The lowest BCUT2D eigenvalue weighted by Gasteiger charge is -1.85. The van der Waals surface area contributed by atoms with Gasteiger partial charge in [0.2, 0.25) is 0 Å². The van der Waals surface area contributed by atoms with Crippen molar-refractivity contribution in [2.45, 2.75) is 0 Å². The summed E-state index contributed by atoms with van der Waals surface area (Å²) in [6.07, 6.45) is 3.29. The van der Waals surface area contributed by atoms with Crippen LogP contribution in [0.5, 0.6) is 0 Å². The largest absolute Gasteiger partial charge is 0.345 e. The summed E-state index contributed by atoms with van der Waals surface area (Å²) in [7, 11) is 0. The molecule has 2 aromatic heterocycles. The van der Waals surface area contributed by atoms with E-state index in [2.05, 4.69) is 9.97 Å². The number of rotatable bonds is 2. The van der Waals surface area contributed by atoms with E-state index in [9.17, 15) is 10.1 Å². The molecule has 0 bridgehead atoms. The van der Waals surface area contributed by atoms with E-state index in [4.69, 9.17) is 0 Å². The fraction of sp³-hybridized carbons (Fsp3) is 0. The lowest BCUT2D eigenvalue weighted by Crippen LogP contribution is -1.81. The average molecular weight is 195 g/mol. The molecule has 0 aliphatic heterocycles. The second kappa shape index (κ2) is 2.98. The molecule has 2 heterocycles. The maximum atomic E-state index is 10.4. The quantitative estimate of drug-likeness (QED) is 0.588. The predicted molar refractivity (Wildman–Crippen MR) is 48.6 cm³/mol. The van der Waals surface area contributed by atoms with Crippen LogP contribution in [-0.2, 0) is 0 Å². The van der Waals surface area contributed by atoms with Crippen molar-refractivity contribution in [3.63, 3.8) is 0 Å². The van der Waals surface area contributed by atoms with Gasteiger partial charge in [0.15, 0.2) is 0 Å². The lowest BCUT2D eigenvalue weighted by molar-refractivity contribution is -0.380. The van der Waals surface area contributed by atoms with Crippen LogP contribution in [0.1, 0.15) is 0 Å². The molecule has 0 amide bonds. The Morgan fingerprint density at radius 2 is 2.46 bits per heavy atom. The third kappa shape index (κ3) is 1.43. The van der Waals surface area contributed by atoms with Crippen LogP contribution < -0.4 is 0 Å². The molecule has 1 N–H and O–H groups in total. The number of aromatic nitrogens is 2. The molecular weight excluding hydrogens is 190 g/mol. The van der Waals surface area contributed by atoms with E-state index in [1.165, 1.54) is 6.07 Å². The molecular formula is C7H5N3O2S. The number of thiophene rings is 1. The van der Waals surface area contributed by atoms with Gasteiger partial charge in [0.1, 0.15) is 5.82 Å². The summed E-state index contributed by atoms with van der Waals surface area (Å²) in [5.74, 6) is 0.657. The van der Waals surface area contributed by atoms with E-state index in [0.717, 1.165) is 16.9 Å². The van der Waals surface area contributed by atoms with Crippen LogP contribution in [0.15, 0.2) is 23.8 Å². The van der Waals surface area contributed by atoms with Crippen LogP contribution in [0.3, 0.4) is 0 Å². The normalized spacial score (nSPS) is 10.2. The monoisotopic (exact) mass is 195 g/mol. The Bertz CT molecular complexity index is 421. The fourth-order valence-electron chi connectivity index (χ4n) is 0.968. The summed E-state index contributed by atoms with van der Waals surface area (Å²) in [4.78, 5) is 16.8. The van der Waals surface area contributed by atoms with Crippen LogP contribution in [0.25, 0.3) is 11.4 Å². The molecule has 66 valence electrons. The molecule has 6 heteroatoms. The number of hydrogen-bond donors (Lipinski definition) is 1. The first-order valence-corrected chi connectivity index (χ1v) is 4.38. The molecule has 2 rings (SSSR count). The van der Waals surface area contributed by atoms with Gasteiger partial charge in [0.25, 0.3) is 0 Å². The van der Waals surface area contributed by atoms with Crippen LogP contribution in [-0.4, -0.2) is 14.9 Å². The van der Waals surface area contributed by atoms with Crippen molar-refractivity contribution in [2.75, 3.05) is 0 Å². The van der Waals surface area contributed by atoms with Crippen LogP contribution in [0.2, 0.25) is 0 Å². The smallest absolute Gasteiger partial charge is 0.324 e. The number of hydrogen-bond acceptors (Lipinski definition) is 4. The fourth-order valence-corrected chi connectivity index (χ4v) is 1.68. The minimum Gasteiger partial charge on any atom is -0.345 e. The van der Waals surface area contributed by atoms with Crippen molar-refractivity contribution in [2.24, 2.45) is 0 Å². The number of H-pyrrole nitrogens is 1. The Morgan fingerprint density at radius 1 is 1.62 bits per heavy atom. The van der Waals surface area contributed by atoms with Gasteiger partial charge in [0.05, 0.1) is 4.92 Å². The summed E-state index contributed by atoms with van der Waals surface area (Å²) < 4.78 is 0. The van der Waals surface area contributed by atoms with Gasteiger partial charge in [-0.1, -0.05) is 11.3 Å². The number of aromatic amines is 1. The van der Waals surface area contributed by atoms with Crippen molar-refractivity contribution in [1.82, 2.24) is 9.97 Å². The zero-order chi connectivity index (χ0) is 9.26. The SMILES string of the molecule is O=[N+]([O-])c1cc(-c2ncc[nH]2)cs1. The Morgan fingerprint density at radius 3 is 3.00 bits per heavy atom. The van der Waals surface area contributed by atoms with Gasteiger partial charge in [0, 0.05) is 29.4 Å². The molecule has 0 aliphatic rings. The number of imidazole rings is 1. The molecule has 0 fully saturated rings. The second-order valence-corrected chi connectivity index (χ2v) is 3.26. The summed E-state index contributed by atoms with van der Waals surface area (Å²) in [5.41, 5.74) is 0.752. The van der Waals surface area contributed by atoms with Gasteiger partial charge in [-0.05, 0) is 0 Å². The van der Waals surface area contributed by atoms with Crippen molar-refractivity contribution < 1.29 is 4.92 Å². The van der Waals surface area contributed by atoms with Gasteiger partial charge < -0.3 is 4.98 Å². The van der Waals surface area contributed by atoms with E-state index in [-0.39, 0.29) is 5.00 Å². The number of nitro groups is 1. The zero-order valence-corrected chi connectivity index (χ0v) is 7.25. The highest BCUT2D eigenvalue weighted by molar-refractivity contribution is 7.13. The van der Waals surface area contributed by atoms with Crippen LogP contribution in [0, 0.1) is 10.1 Å². The lowest BCUT2D eigenvalue weighted by atomic mass is 10.3. The third-order valence-electron chi connectivity index (χ3n) is 1.54. The summed E-state index contributed by atoms with van der Waals surface area (Å²) in [6, 6.07) is 1.50. The van der Waals surface area contributed by atoms with Gasteiger partial charge in [-0.25, -0.2) is 4.98 Å². The Balaban J connectivity index is 2.39. The van der Waals surface area contributed by atoms with Crippen molar-refractivity contribution in [3.05, 3.63) is 34.0 Å². The molecule has 0 atom stereocenters. The Hall–Kier alpha value is -1.69. The average Bonchev–Trinajstić information content (AvgIpc) is 2.75. The summed E-state index contributed by atoms with van der Waals surface area (Å²) >= 11 is 1.10. The molecule has 5 nitrogen and oxygen atoms in total. The second-order valence-electron chi connectivity index (χ2n) is 2.37. The van der Waals surface area contributed by atoms with E-state index >= 15 is 0 Å².